The third-order valence-corrected chi connectivity index (χ3v) is 6.96. The van der Waals surface area contributed by atoms with Crippen molar-refractivity contribution < 1.29 is 4.79 Å². The van der Waals surface area contributed by atoms with Crippen molar-refractivity contribution in [3.63, 3.8) is 0 Å². The average molecular weight is 399 g/mol. The minimum atomic E-state index is 0.234. The Morgan fingerprint density at radius 2 is 2.07 bits per heavy atom. The van der Waals surface area contributed by atoms with Crippen molar-refractivity contribution >= 4 is 17.2 Å². The summed E-state index contributed by atoms with van der Waals surface area (Å²) in [6.45, 7) is 8.71. The quantitative estimate of drug-likeness (QED) is 0.794. The zero-order valence-electron chi connectivity index (χ0n) is 17.0. The highest BCUT2D eigenvalue weighted by Gasteiger charge is 2.27. The molecule has 28 heavy (non-hydrogen) atoms. The Morgan fingerprint density at radius 1 is 1.18 bits per heavy atom. The van der Waals surface area contributed by atoms with Crippen LogP contribution in [0.3, 0.4) is 0 Å². The van der Waals surface area contributed by atoms with Gasteiger partial charge in [0.05, 0.1) is 11.3 Å². The molecule has 0 spiro atoms. The maximum absolute atomic E-state index is 13.1. The van der Waals surface area contributed by atoms with Crippen molar-refractivity contribution in [1.82, 2.24) is 19.7 Å². The lowest BCUT2D eigenvalue weighted by Crippen LogP contribution is -2.36. The number of hydrogen-bond acceptors (Lipinski definition) is 5. The molecule has 4 rings (SSSR count). The van der Waals surface area contributed by atoms with Crippen LogP contribution in [-0.2, 0) is 25.9 Å². The molecule has 0 bridgehead atoms. The largest absolute Gasteiger partial charge is 0.337 e. The van der Waals surface area contributed by atoms with Crippen LogP contribution in [-0.4, -0.2) is 65.4 Å². The molecule has 0 aromatic carbocycles. The molecule has 4 heterocycles. The van der Waals surface area contributed by atoms with E-state index in [9.17, 15) is 4.79 Å². The summed E-state index contributed by atoms with van der Waals surface area (Å²) in [6.07, 6.45) is 5.04. The summed E-state index contributed by atoms with van der Waals surface area (Å²) in [5, 5.41) is 2.10. The number of likely N-dealkylation sites (N-methyl/N-ethyl adjacent to an activating group) is 1. The van der Waals surface area contributed by atoms with E-state index in [-0.39, 0.29) is 5.91 Å². The molecule has 0 atom stereocenters. The van der Waals surface area contributed by atoms with E-state index in [1.807, 2.05) is 6.20 Å². The number of fused-ring (bicyclic) bond motifs is 1. The Morgan fingerprint density at radius 3 is 2.86 bits per heavy atom. The first-order chi connectivity index (χ1) is 13.6. The van der Waals surface area contributed by atoms with Gasteiger partial charge in [0, 0.05) is 55.7 Å². The van der Waals surface area contributed by atoms with Crippen molar-refractivity contribution in [1.29, 1.82) is 0 Å². The molecule has 2 aliphatic heterocycles. The van der Waals surface area contributed by atoms with Crippen molar-refractivity contribution in [2.75, 3.05) is 39.8 Å². The predicted octanol–water partition coefficient (Wildman–Crippen LogP) is 3.04. The van der Waals surface area contributed by atoms with Crippen molar-refractivity contribution in [2.24, 2.45) is 0 Å². The number of amides is 1. The second-order valence-electron chi connectivity index (χ2n) is 7.97. The molecule has 0 radical (unpaired) electrons. The highest BCUT2D eigenvalue weighted by Crippen LogP contribution is 2.30. The molecule has 1 fully saturated rings. The number of carbonyl (C=O) groups is 1. The maximum atomic E-state index is 13.1. The Hall–Kier alpha value is -1.76. The van der Waals surface area contributed by atoms with Gasteiger partial charge >= 0.3 is 0 Å². The lowest BCUT2D eigenvalue weighted by molar-refractivity contribution is 0.0761. The van der Waals surface area contributed by atoms with E-state index >= 15 is 0 Å². The molecule has 5 nitrogen and oxygen atoms in total. The third kappa shape index (κ3) is 4.29. The number of aromatic nitrogens is 1. The molecule has 6 heteroatoms. The lowest BCUT2D eigenvalue weighted by atomic mass is 10.0. The second-order valence-corrected chi connectivity index (χ2v) is 8.94. The van der Waals surface area contributed by atoms with Gasteiger partial charge in [-0.25, -0.2) is 0 Å². The highest BCUT2D eigenvalue weighted by atomic mass is 32.1. The Labute approximate surface area is 172 Å². The maximum Gasteiger partial charge on any atom is 0.255 e. The van der Waals surface area contributed by atoms with Gasteiger partial charge in [-0.15, -0.1) is 11.3 Å². The SMILES string of the molecule is CCc1ccc(CN2CCc3c(C(=O)N4CCCN(C)CC4)csc3C2)nc1. The molecule has 1 saturated heterocycles. The van der Waals surface area contributed by atoms with Crippen molar-refractivity contribution in [3.8, 4) is 0 Å². The zero-order valence-corrected chi connectivity index (χ0v) is 17.8. The molecule has 0 aliphatic carbocycles. The fraction of sp³-hybridized carbons (Fsp3) is 0.545. The van der Waals surface area contributed by atoms with E-state index < -0.39 is 0 Å². The van der Waals surface area contributed by atoms with Crippen molar-refractivity contribution in [3.05, 3.63) is 51.0 Å². The van der Waals surface area contributed by atoms with E-state index in [0.717, 1.165) is 76.3 Å². The van der Waals surface area contributed by atoms with Gasteiger partial charge in [-0.3, -0.25) is 14.7 Å². The molecular weight excluding hydrogens is 368 g/mol. The Balaban J connectivity index is 1.42. The van der Waals surface area contributed by atoms with Gasteiger partial charge in [0.25, 0.3) is 5.91 Å². The van der Waals surface area contributed by atoms with Gasteiger partial charge < -0.3 is 9.80 Å². The van der Waals surface area contributed by atoms with Gasteiger partial charge in [0.15, 0.2) is 0 Å². The number of rotatable bonds is 4. The molecule has 2 aromatic rings. The van der Waals surface area contributed by atoms with Gasteiger partial charge in [-0.2, -0.15) is 0 Å². The van der Waals surface area contributed by atoms with E-state index in [1.54, 1.807) is 11.3 Å². The van der Waals surface area contributed by atoms with E-state index in [1.165, 1.54) is 16.0 Å². The first-order valence-corrected chi connectivity index (χ1v) is 11.2. The minimum absolute atomic E-state index is 0.234. The molecule has 1 amide bonds. The number of nitrogens with zero attached hydrogens (tertiary/aromatic N) is 4. The van der Waals surface area contributed by atoms with Crippen LogP contribution in [0.15, 0.2) is 23.7 Å². The molecule has 150 valence electrons. The first kappa shape index (κ1) is 19.6. The fourth-order valence-electron chi connectivity index (χ4n) is 4.10. The molecule has 0 N–H and O–H groups in total. The summed E-state index contributed by atoms with van der Waals surface area (Å²) in [6, 6.07) is 4.33. The van der Waals surface area contributed by atoms with Crippen LogP contribution in [0.4, 0.5) is 0 Å². The van der Waals surface area contributed by atoms with E-state index in [0.29, 0.717) is 0 Å². The molecule has 0 saturated carbocycles. The number of carbonyl (C=O) groups excluding carboxylic acids is 1. The second kappa shape index (κ2) is 8.72. The zero-order chi connectivity index (χ0) is 19.5. The number of hydrogen-bond donors (Lipinski definition) is 0. The number of aryl methyl sites for hydroxylation is 1. The van der Waals surface area contributed by atoms with Crippen LogP contribution < -0.4 is 0 Å². The van der Waals surface area contributed by atoms with Crippen LogP contribution in [0.2, 0.25) is 0 Å². The summed E-state index contributed by atoms with van der Waals surface area (Å²) in [7, 11) is 2.14. The smallest absolute Gasteiger partial charge is 0.255 e. The first-order valence-electron chi connectivity index (χ1n) is 10.4. The van der Waals surface area contributed by atoms with Crippen LogP contribution in [0, 0.1) is 0 Å². The van der Waals surface area contributed by atoms with Crippen LogP contribution in [0.1, 0.15) is 45.4 Å². The Kier molecular flexibility index (Phi) is 6.09. The third-order valence-electron chi connectivity index (χ3n) is 5.94. The topological polar surface area (TPSA) is 39.7 Å². The van der Waals surface area contributed by atoms with E-state index in [4.69, 9.17) is 0 Å². The highest BCUT2D eigenvalue weighted by molar-refractivity contribution is 7.10. The van der Waals surface area contributed by atoms with Gasteiger partial charge in [0.1, 0.15) is 0 Å². The molecule has 2 aromatic heterocycles. The van der Waals surface area contributed by atoms with Crippen LogP contribution in [0.5, 0.6) is 0 Å². The predicted molar refractivity (Wildman–Crippen MR) is 114 cm³/mol. The number of thiophene rings is 1. The van der Waals surface area contributed by atoms with Crippen LogP contribution in [0.25, 0.3) is 0 Å². The van der Waals surface area contributed by atoms with Crippen LogP contribution >= 0.6 is 11.3 Å². The summed E-state index contributed by atoms with van der Waals surface area (Å²) in [5.74, 6) is 0.234. The monoisotopic (exact) mass is 398 g/mol. The van der Waals surface area contributed by atoms with Gasteiger partial charge in [-0.05, 0) is 50.0 Å². The number of pyridine rings is 1. The minimum Gasteiger partial charge on any atom is -0.337 e. The molecular formula is C22H30N4OS. The van der Waals surface area contributed by atoms with Gasteiger partial charge in [-0.1, -0.05) is 13.0 Å². The fourth-order valence-corrected chi connectivity index (χ4v) is 5.22. The summed E-state index contributed by atoms with van der Waals surface area (Å²) >= 11 is 1.75. The summed E-state index contributed by atoms with van der Waals surface area (Å²) in [5.41, 5.74) is 4.65. The lowest BCUT2D eigenvalue weighted by Gasteiger charge is -2.27. The van der Waals surface area contributed by atoms with E-state index in [2.05, 4.69) is 51.2 Å². The average Bonchev–Trinajstić information content (AvgIpc) is 3.01. The normalized spacial score (nSPS) is 18.7. The molecule has 0 unspecified atom stereocenters. The summed E-state index contributed by atoms with van der Waals surface area (Å²) < 4.78 is 0. The van der Waals surface area contributed by atoms with Crippen molar-refractivity contribution in [2.45, 2.75) is 39.3 Å². The van der Waals surface area contributed by atoms with Gasteiger partial charge in [0.2, 0.25) is 0 Å². The standard InChI is InChI=1S/C22H30N4OS/c1-3-17-5-6-18(23-13-17)14-25-10-7-19-20(16-28-21(19)15-25)22(27)26-9-4-8-24(2)11-12-26/h5-6,13,16H,3-4,7-12,14-15H2,1-2H3. The Bertz CT molecular complexity index is 816. The summed E-state index contributed by atoms with van der Waals surface area (Å²) in [4.78, 5) is 25.9. The molecule has 2 aliphatic rings.